The second-order valence-corrected chi connectivity index (χ2v) is 11.1. The van der Waals surface area contributed by atoms with Gasteiger partial charge in [0.05, 0.1) is 19.4 Å². The summed E-state index contributed by atoms with van der Waals surface area (Å²) in [5.74, 6) is 0.526. The van der Waals surface area contributed by atoms with Gasteiger partial charge in [-0.3, -0.25) is 9.59 Å². The molecule has 1 N–H and O–H groups in total. The number of hydrogen-bond donors (Lipinski definition) is 1. The number of sulfonamides is 1. The lowest BCUT2D eigenvalue weighted by Gasteiger charge is -2.42. The Balaban J connectivity index is 1.65. The molecule has 32 heavy (non-hydrogen) atoms. The fraction of sp³-hybridized carbons (Fsp3) is 0.636. The lowest BCUT2D eigenvalue weighted by atomic mass is 9.75. The molecule has 0 aliphatic carbocycles. The molecule has 178 valence electrons. The number of nitrogens with one attached hydrogen (secondary N) is 1. The van der Waals surface area contributed by atoms with Gasteiger partial charge in [-0.1, -0.05) is 17.7 Å². The van der Waals surface area contributed by atoms with Gasteiger partial charge in [0, 0.05) is 43.0 Å². The van der Waals surface area contributed by atoms with E-state index in [1.165, 1.54) is 0 Å². The molecule has 0 aromatic heterocycles. The number of halogens is 1. The van der Waals surface area contributed by atoms with Gasteiger partial charge in [0.25, 0.3) is 0 Å². The number of rotatable bonds is 8. The van der Waals surface area contributed by atoms with Crippen LogP contribution < -0.4 is 9.46 Å². The third-order valence-corrected chi connectivity index (χ3v) is 7.14. The van der Waals surface area contributed by atoms with E-state index in [-0.39, 0.29) is 18.4 Å². The molecule has 2 aliphatic heterocycles. The molecule has 8 nitrogen and oxygen atoms in total. The standard InChI is InChI=1S/C22H32ClN3O5S/c1-32(29,30)24-16-21(28)26-12-8-22(9-13-26,15-20(27)25-10-3-2-4-11-25)17-31-19-7-5-6-18(23)14-19/h5-7,14,24H,2-4,8-13,15-17H2,1H3. The number of carbonyl (C=O) groups is 2. The van der Waals surface area contributed by atoms with Gasteiger partial charge >= 0.3 is 0 Å². The van der Waals surface area contributed by atoms with Gasteiger partial charge in [-0.05, 0) is 50.3 Å². The summed E-state index contributed by atoms with van der Waals surface area (Å²) in [4.78, 5) is 29.1. The first-order chi connectivity index (χ1) is 15.2. The molecule has 0 saturated carbocycles. The van der Waals surface area contributed by atoms with E-state index in [1.54, 1.807) is 17.0 Å². The first-order valence-corrected chi connectivity index (χ1v) is 13.3. The predicted octanol–water partition coefficient (Wildman–Crippen LogP) is 2.28. The van der Waals surface area contributed by atoms with E-state index < -0.39 is 15.4 Å². The molecule has 2 aliphatic rings. The second kappa shape index (κ2) is 10.9. The molecule has 0 atom stereocenters. The highest BCUT2D eigenvalue weighted by atomic mass is 35.5. The number of likely N-dealkylation sites (tertiary alicyclic amines) is 2. The summed E-state index contributed by atoms with van der Waals surface area (Å²) in [6.07, 6.45) is 5.85. The summed E-state index contributed by atoms with van der Waals surface area (Å²) < 4.78 is 30.9. The van der Waals surface area contributed by atoms with Gasteiger partial charge in [0.2, 0.25) is 21.8 Å². The molecule has 2 saturated heterocycles. The van der Waals surface area contributed by atoms with E-state index in [4.69, 9.17) is 16.3 Å². The number of amides is 2. The van der Waals surface area contributed by atoms with Gasteiger partial charge in [0.15, 0.2) is 0 Å². The SMILES string of the molecule is CS(=O)(=O)NCC(=O)N1CCC(COc2cccc(Cl)c2)(CC(=O)N2CCCCC2)CC1. The summed E-state index contributed by atoms with van der Waals surface area (Å²) in [6, 6.07) is 7.18. The van der Waals surface area contributed by atoms with Gasteiger partial charge in [-0.15, -0.1) is 0 Å². The normalized spacial score (nSPS) is 18.9. The number of carbonyl (C=O) groups excluding carboxylic acids is 2. The quantitative estimate of drug-likeness (QED) is 0.609. The monoisotopic (exact) mass is 485 g/mol. The molecular formula is C22H32ClN3O5S. The van der Waals surface area contributed by atoms with Gasteiger partial charge in [0.1, 0.15) is 5.75 Å². The average Bonchev–Trinajstić information content (AvgIpc) is 2.77. The van der Waals surface area contributed by atoms with Crippen LogP contribution in [0.1, 0.15) is 38.5 Å². The van der Waals surface area contributed by atoms with Crippen molar-refractivity contribution in [1.82, 2.24) is 14.5 Å². The minimum Gasteiger partial charge on any atom is -0.493 e. The largest absolute Gasteiger partial charge is 0.493 e. The predicted molar refractivity (Wildman–Crippen MR) is 123 cm³/mol. The average molecular weight is 486 g/mol. The molecule has 10 heteroatoms. The number of ether oxygens (including phenoxy) is 1. The highest BCUT2D eigenvalue weighted by molar-refractivity contribution is 7.88. The maximum absolute atomic E-state index is 13.1. The van der Waals surface area contributed by atoms with Crippen molar-refractivity contribution in [3.05, 3.63) is 29.3 Å². The van der Waals surface area contributed by atoms with Crippen molar-refractivity contribution in [3.63, 3.8) is 0 Å². The Morgan fingerprint density at radius 2 is 1.72 bits per heavy atom. The van der Waals surface area contributed by atoms with Crippen molar-refractivity contribution in [2.75, 3.05) is 45.6 Å². The smallest absolute Gasteiger partial charge is 0.237 e. The molecule has 1 aromatic rings. The van der Waals surface area contributed by atoms with Crippen LogP contribution in [-0.4, -0.2) is 75.6 Å². The Bertz CT molecular complexity index is 910. The van der Waals surface area contributed by atoms with E-state index in [0.717, 1.165) is 38.6 Å². The Labute approximate surface area is 195 Å². The van der Waals surface area contributed by atoms with Crippen molar-refractivity contribution >= 4 is 33.4 Å². The van der Waals surface area contributed by atoms with Gasteiger partial charge in [-0.2, -0.15) is 0 Å². The van der Waals surface area contributed by atoms with Crippen molar-refractivity contribution in [3.8, 4) is 5.75 Å². The lowest BCUT2D eigenvalue weighted by Crippen LogP contribution is -2.50. The molecular weight excluding hydrogens is 454 g/mol. The first-order valence-electron chi connectivity index (χ1n) is 11.0. The van der Waals surface area contributed by atoms with E-state index in [1.807, 2.05) is 17.0 Å². The molecule has 2 heterocycles. The molecule has 0 spiro atoms. The van der Waals surface area contributed by atoms with Crippen LogP contribution in [0.15, 0.2) is 24.3 Å². The summed E-state index contributed by atoms with van der Waals surface area (Å²) in [5, 5.41) is 0.583. The number of piperidine rings is 2. The molecule has 2 amide bonds. The number of hydrogen-bond acceptors (Lipinski definition) is 5. The fourth-order valence-corrected chi connectivity index (χ4v) is 4.84. The summed E-state index contributed by atoms with van der Waals surface area (Å²) in [7, 11) is -3.43. The third kappa shape index (κ3) is 7.35. The molecule has 0 radical (unpaired) electrons. The lowest BCUT2D eigenvalue weighted by molar-refractivity contribution is -0.138. The zero-order valence-corrected chi connectivity index (χ0v) is 20.1. The zero-order chi connectivity index (χ0) is 23.2. The summed E-state index contributed by atoms with van der Waals surface area (Å²) in [5.41, 5.74) is -0.391. The Hall–Kier alpha value is -1.84. The van der Waals surface area contributed by atoms with Crippen LogP contribution in [0.3, 0.4) is 0 Å². The zero-order valence-electron chi connectivity index (χ0n) is 18.5. The van der Waals surface area contributed by atoms with Crippen molar-refractivity contribution in [1.29, 1.82) is 0 Å². The molecule has 0 bridgehead atoms. The van der Waals surface area contributed by atoms with Crippen LogP contribution in [0.25, 0.3) is 0 Å². The highest BCUT2D eigenvalue weighted by Crippen LogP contribution is 2.37. The Morgan fingerprint density at radius 1 is 1.06 bits per heavy atom. The van der Waals surface area contributed by atoms with Crippen LogP contribution >= 0.6 is 11.6 Å². The maximum atomic E-state index is 13.1. The number of benzene rings is 1. The topological polar surface area (TPSA) is 96.0 Å². The summed E-state index contributed by atoms with van der Waals surface area (Å²) in [6.45, 7) is 2.61. The fourth-order valence-electron chi connectivity index (χ4n) is 4.28. The first kappa shape index (κ1) is 24.8. The van der Waals surface area contributed by atoms with Gasteiger partial charge in [-0.25, -0.2) is 13.1 Å². The Morgan fingerprint density at radius 3 is 2.34 bits per heavy atom. The number of nitrogens with zero attached hydrogens (tertiary/aromatic N) is 2. The van der Waals surface area contributed by atoms with Crippen LogP contribution in [-0.2, 0) is 19.6 Å². The third-order valence-electron chi connectivity index (χ3n) is 6.24. The van der Waals surface area contributed by atoms with Crippen molar-refractivity contribution < 1.29 is 22.7 Å². The van der Waals surface area contributed by atoms with E-state index in [9.17, 15) is 18.0 Å². The van der Waals surface area contributed by atoms with Crippen molar-refractivity contribution in [2.45, 2.75) is 38.5 Å². The molecule has 2 fully saturated rings. The van der Waals surface area contributed by atoms with Crippen LogP contribution in [0.4, 0.5) is 0 Å². The Kier molecular flexibility index (Phi) is 8.41. The van der Waals surface area contributed by atoms with Crippen LogP contribution in [0, 0.1) is 5.41 Å². The van der Waals surface area contributed by atoms with Crippen molar-refractivity contribution in [2.24, 2.45) is 5.41 Å². The summed E-state index contributed by atoms with van der Waals surface area (Å²) >= 11 is 6.07. The second-order valence-electron chi connectivity index (χ2n) is 8.84. The van der Waals surface area contributed by atoms with Crippen LogP contribution in [0.2, 0.25) is 5.02 Å². The minimum atomic E-state index is -3.43. The highest BCUT2D eigenvalue weighted by Gasteiger charge is 2.39. The molecule has 3 rings (SSSR count). The maximum Gasteiger partial charge on any atom is 0.237 e. The molecule has 0 unspecified atom stereocenters. The van der Waals surface area contributed by atoms with Gasteiger partial charge < -0.3 is 14.5 Å². The van der Waals surface area contributed by atoms with E-state index in [0.29, 0.717) is 49.7 Å². The van der Waals surface area contributed by atoms with E-state index in [2.05, 4.69) is 4.72 Å². The minimum absolute atomic E-state index is 0.137. The van der Waals surface area contributed by atoms with Crippen LogP contribution in [0.5, 0.6) is 5.75 Å². The van der Waals surface area contributed by atoms with E-state index >= 15 is 0 Å². The molecule has 1 aromatic carbocycles.